The Hall–Kier alpha value is -0.313. The van der Waals surface area contributed by atoms with Gasteiger partial charge >= 0.3 is 5.97 Å². The van der Waals surface area contributed by atoms with E-state index in [1.807, 2.05) is 0 Å². The highest BCUT2D eigenvalue weighted by Gasteiger charge is 2.60. The predicted octanol–water partition coefficient (Wildman–Crippen LogP) is 0.503. The number of esters is 1. The van der Waals surface area contributed by atoms with E-state index in [-0.39, 0.29) is 11.4 Å². The summed E-state index contributed by atoms with van der Waals surface area (Å²) in [6, 6.07) is 0. The molecule has 1 heterocycles. The molecule has 1 saturated heterocycles. The number of ether oxygens (including phenoxy) is 1. The van der Waals surface area contributed by atoms with Gasteiger partial charge in [0.15, 0.2) is 0 Å². The number of rotatable bonds is 0. The number of cyclic esters (lactones) is 1. The number of fused-ring (bicyclic) bond motifs is 3. The van der Waals surface area contributed by atoms with Gasteiger partial charge in [0.2, 0.25) is 0 Å². The number of carbonyl (C=O) groups is 1. The van der Waals surface area contributed by atoms with Crippen molar-refractivity contribution < 1.29 is 9.53 Å². The summed E-state index contributed by atoms with van der Waals surface area (Å²) >= 11 is 0. The standard InChI is InChI=1S/C10H16O2Si/c11-9-10(1-2-12-9)5-6-3-7(10)8(13)4-6/h6-8H,1-5H2,13H3. The van der Waals surface area contributed by atoms with Crippen molar-refractivity contribution in [1.82, 2.24) is 0 Å². The maximum Gasteiger partial charge on any atom is 0.312 e. The van der Waals surface area contributed by atoms with Crippen molar-refractivity contribution in [2.75, 3.05) is 6.61 Å². The maximum absolute atomic E-state index is 11.7. The zero-order chi connectivity index (χ0) is 9.05. The second-order valence-electron chi connectivity index (χ2n) is 5.17. The van der Waals surface area contributed by atoms with Crippen molar-refractivity contribution in [3.05, 3.63) is 0 Å². The minimum atomic E-state index is 0.00926. The summed E-state index contributed by atoms with van der Waals surface area (Å²) in [5.41, 5.74) is 0.902. The highest BCUT2D eigenvalue weighted by molar-refractivity contribution is 6.12. The van der Waals surface area contributed by atoms with Crippen molar-refractivity contribution in [3.8, 4) is 0 Å². The Balaban J connectivity index is 1.97. The monoisotopic (exact) mass is 196 g/mol. The van der Waals surface area contributed by atoms with Crippen LogP contribution in [0.25, 0.3) is 0 Å². The fourth-order valence-electron chi connectivity index (χ4n) is 4.07. The van der Waals surface area contributed by atoms with Gasteiger partial charge in [-0.15, -0.1) is 0 Å². The summed E-state index contributed by atoms with van der Waals surface area (Å²) in [7, 11) is 1.27. The third-order valence-electron chi connectivity index (χ3n) is 4.53. The van der Waals surface area contributed by atoms with Crippen LogP contribution in [0, 0.1) is 17.3 Å². The average molecular weight is 196 g/mol. The number of carbonyl (C=O) groups excluding carboxylic acids is 1. The molecule has 13 heavy (non-hydrogen) atoms. The molecule has 72 valence electrons. The summed E-state index contributed by atoms with van der Waals surface area (Å²) in [4.78, 5) is 11.7. The summed E-state index contributed by atoms with van der Waals surface area (Å²) in [5, 5.41) is 0. The summed E-state index contributed by atoms with van der Waals surface area (Å²) < 4.78 is 5.17. The summed E-state index contributed by atoms with van der Waals surface area (Å²) in [6.07, 6.45) is 4.90. The van der Waals surface area contributed by atoms with Crippen molar-refractivity contribution in [2.45, 2.75) is 31.2 Å². The molecule has 3 rings (SSSR count). The number of hydrogen-bond acceptors (Lipinski definition) is 2. The molecule has 3 aliphatic rings. The van der Waals surface area contributed by atoms with Crippen molar-refractivity contribution in [3.63, 3.8) is 0 Å². The molecule has 3 fully saturated rings. The van der Waals surface area contributed by atoms with Crippen LogP contribution in [0.1, 0.15) is 25.7 Å². The Morgan fingerprint density at radius 3 is 2.85 bits per heavy atom. The van der Waals surface area contributed by atoms with E-state index in [9.17, 15) is 4.79 Å². The zero-order valence-electron chi connectivity index (χ0n) is 8.08. The molecule has 2 nitrogen and oxygen atoms in total. The summed E-state index contributed by atoms with van der Waals surface area (Å²) in [5.74, 6) is 1.71. The van der Waals surface area contributed by atoms with E-state index in [4.69, 9.17) is 4.74 Å². The van der Waals surface area contributed by atoms with Gasteiger partial charge in [-0.3, -0.25) is 4.79 Å². The maximum atomic E-state index is 11.7. The van der Waals surface area contributed by atoms with Crippen LogP contribution in [0.4, 0.5) is 0 Å². The molecule has 0 amide bonds. The van der Waals surface area contributed by atoms with Crippen LogP contribution < -0.4 is 0 Å². The fourth-order valence-corrected chi connectivity index (χ4v) is 5.65. The van der Waals surface area contributed by atoms with Gasteiger partial charge in [0, 0.05) is 10.2 Å². The van der Waals surface area contributed by atoms with Gasteiger partial charge in [0.1, 0.15) is 0 Å². The molecule has 1 aliphatic heterocycles. The van der Waals surface area contributed by atoms with E-state index in [1.54, 1.807) is 0 Å². The smallest absolute Gasteiger partial charge is 0.312 e. The molecule has 3 heteroatoms. The molecule has 0 radical (unpaired) electrons. The van der Waals surface area contributed by atoms with E-state index in [0.29, 0.717) is 12.5 Å². The van der Waals surface area contributed by atoms with Gasteiger partial charge in [0.05, 0.1) is 12.0 Å². The van der Waals surface area contributed by atoms with E-state index < -0.39 is 0 Å². The largest absolute Gasteiger partial charge is 0.465 e. The molecule has 0 aromatic carbocycles. The zero-order valence-corrected chi connectivity index (χ0v) is 10.1. The van der Waals surface area contributed by atoms with Gasteiger partial charge in [0.25, 0.3) is 0 Å². The van der Waals surface area contributed by atoms with E-state index in [2.05, 4.69) is 0 Å². The van der Waals surface area contributed by atoms with Crippen molar-refractivity contribution >= 4 is 16.2 Å². The molecule has 2 saturated carbocycles. The molecule has 4 atom stereocenters. The van der Waals surface area contributed by atoms with E-state index in [1.165, 1.54) is 23.1 Å². The molecule has 1 spiro atoms. The normalized spacial score (nSPS) is 53.5. The average Bonchev–Trinajstić information content (AvgIpc) is 2.69. The third-order valence-corrected chi connectivity index (χ3v) is 5.81. The minimum absolute atomic E-state index is 0.00926. The topological polar surface area (TPSA) is 26.3 Å². The van der Waals surface area contributed by atoms with Gasteiger partial charge in [-0.25, -0.2) is 0 Å². The minimum Gasteiger partial charge on any atom is -0.465 e. The SMILES string of the molecule is O=C1OCCC12CC1CC([SiH3])C2C1. The lowest BCUT2D eigenvalue weighted by Gasteiger charge is -2.33. The Kier molecular flexibility index (Phi) is 1.47. The Labute approximate surface area is 81.5 Å². The highest BCUT2D eigenvalue weighted by atomic mass is 28.1. The van der Waals surface area contributed by atoms with E-state index in [0.717, 1.165) is 24.3 Å². The van der Waals surface area contributed by atoms with Crippen molar-refractivity contribution in [1.29, 1.82) is 0 Å². The lowest BCUT2D eigenvalue weighted by molar-refractivity contribution is -0.148. The summed E-state index contributed by atoms with van der Waals surface area (Å²) in [6.45, 7) is 0.691. The fraction of sp³-hybridized carbons (Fsp3) is 0.900. The molecule has 2 bridgehead atoms. The van der Waals surface area contributed by atoms with Gasteiger partial charge in [-0.05, 0) is 31.1 Å². The molecule has 4 unspecified atom stereocenters. The molecule has 2 aliphatic carbocycles. The third kappa shape index (κ3) is 0.861. The molecule has 0 aromatic rings. The van der Waals surface area contributed by atoms with Gasteiger partial charge < -0.3 is 4.74 Å². The lowest BCUT2D eigenvalue weighted by Crippen LogP contribution is -2.35. The van der Waals surface area contributed by atoms with Gasteiger partial charge in [-0.1, -0.05) is 12.0 Å². The number of hydrogen-bond donors (Lipinski definition) is 0. The van der Waals surface area contributed by atoms with Crippen LogP contribution in [-0.2, 0) is 9.53 Å². The second kappa shape index (κ2) is 2.38. The first-order chi connectivity index (χ1) is 6.22. The molecular weight excluding hydrogens is 180 g/mol. The lowest BCUT2D eigenvalue weighted by atomic mass is 9.72. The first-order valence-corrected chi connectivity index (χ1v) is 6.55. The molecular formula is C10H16O2Si. The van der Waals surface area contributed by atoms with Gasteiger partial charge in [-0.2, -0.15) is 0 Å². The van der Waals surface area contributed by atoms with Crippen LogP contribution in [0.3, 0.4) is 0 Å². The molecule has 0 N–H and O–H groups in total. The van der Waals surface area contributed by atoms with Crippen LogP contribution in [-0.4, -0.2) is 22.8 Å². The second-order valence-corrected chi connectivity index (χ2v) is 6.65. The highest BCUT2D eigenvalue weighted by Crippen LogP contribution is 2.63. The predicted molar refractivity (Wildman–Crippen MR) is 52.5 cm³/mol. The van der Waals surface area contributed by atoms with Crippen molar-refractivity contribution in [2.24, 2.45) is 17.3 Å². The van der Waals surface area contributed by atoms with E-state index >= 15 is 0 Å². The Morgan fingerprint density at radius 2 is 2.31 bits per heavy atom. The quantitative estimate of drug-likeness (QED) is 0.417. The first kappa shape index (κ1) is 8.03. The molecule has 0 aromatic heterocycles. The van der Waals surface area contributed by atoms with Crippen LogP contribution in [0.2, 0.25) is 5.54 Å². The first-order valence-electron chi connectivity index (χ1n) is 5.39. The van der Waals surface area contributed by atoms with Crippen LogP contribution in [0.15, 0.2) is 0 Å². The van der Waals surface area contributed by atoms with Crippen LogP contribution in [0.5, 0.6) is 0 Å². The Bertz CT molecular complexity index is 266. The van der Waals surface area contributed by atoms with Crippen LogP contribution >= 0.6 is 0 Å². The Morgan fingerprint density at radius 1 is 1.46 bits per heavy atom.